The van der Waals surface area contributed by atoms with Crippen LogP contribution in [0.4, 0.5) is 22.7 Å². The van der Waals surface area contributed by atoms with Crippen molar-refractivity contribution in [1.29, 1.82) is 0 Å². The van der Waals surface area contributed by atoms with Crippen molar-refractivity contribution in [3.05, 3.63) is 131 Å². The van der Waals surface area contributed by atoms with Gasteiger partial charge in [-0.3, -0.25) is 4.55 Å². The van der Waals surface area contributed by atoms with Gasteiger partial charge in [0.1, 0.15) is 11.5 Å². The zero-order chi connectivity index (χ0) is 31.8. The van der Waals surface area contributed by atoms with E-state index >= 15 is 0 Å². The lowest BCUT2D eigenvalue weighted by Crippen LogP contribution is -2.20. The highest BCUT2D eigenvalue weighted by molar-refractivity contribution is 7.89. The third kappa shape index (κ3) is 4.74. The van der Waals surface area contributed by atoms with Crippen LogP contribution in [0.5, 0.6) is 11.5 Å². The number of fused-ring (bicyclic) bond motifs is 4. The summed E-state index contributed by atoms with van der Waals surface area (Å²) < 4.78 is 65.2. The monoisotopic (exact) mass is 651 g/mol. The minimum absolute atomic E-state index is 0.0588. The van der Waals surface area contributed by atoms with Gasteiger partial charge >= 0.3 is 0 Å². The quantitative estimate of drug-likeness (QED) is 0.209. The summed E-state index contributed by atoms with van der Waals surface area (Å²) in [6.07, 6.45) is 1.54. The van der Waals surface area contributed by atoms with Crippen LogP contribution in [0, 0.1) is 0 Å². The van der Waals surface area contributed by atoms with E-state index < -0.39 is 26.1 Å². The number of primary sulfonamides is 1. The first-order valence-corrected chi connectivity index (χ1v) is 17.9. The van der Waals surface area contributed by atoms with Crippen LogP contribution < -0.4 is 19.7 Å². The van der Waals surface area contributed by atoms with Gasteiger partial charge in [-0.1, -0.05) is 48.5 Å². The fourth-order valence-corrected chi connectivity index (χ4v) is 8.36. The topological polar surface area (TPSA) is 130 Å². The van der Waals surface area contributed by atoms with Gasteiger partial charge in [-0.05, 0) is 72.0 Å². The SMILES string of the molecule is NS(=O)(=O)c1ccccc1C1c2ccc(N3CCc4ccccc43)cc2Oc2cc(N3CCc4cc(S(=O)(=O)O)ccc43)ccc21. The maximum absolute atomic E-state index is 12.8. The van der Waals surface area contributed by atoms with E-state index in [-0.39, 0.29) is 9.79 Å². The molecule has 3 N–H and O–H groups in total. The predicted molar refractivity (Wildman–Crippen MR) is 176 cm³/mol. The molecule has 0 fully saturated rings. The van der Waals surface area contributed by atoms with E-state index in [0.717, 1.165) is 52.4 Å². The predicted octanol–water partition coefficient (Wildman–Crippen LogP) is 6.26. The average Bonchev–Trinajstić information content (AvgIpc) is 3.67. The Balaban J connectivity index is 1.25. The molecule has 232 valence electrons. The average molecular weight is 652 g/mol. The molecule has 0 aromatic heterocycles. The lowest BCUT2D eigenvalue weighted by molar-refractivity contribution is 0.452. The van der Waals surface area contributed by atoms with Crippen molar-refractivity contribution in [3.8, 4) is 11.5 Å². The Bertz CT molecular complexity index is 2290. The van der Waals surface area contributed by atoms with E-state index in [1.54, 1.807) is 18.2 Å². The standard InChI is InChI=1S/C35H29N3O6S2/c36-45(39,40)34-8-4-2-6-29(34)35-27-12-9-24(37-17-15-22-5-1-3-7-30(22)37)20-32(27)44-33-21-25(10-13-28(33)35)38-18-16-23-19-26(46(41,42)43)11-14-31(23)38/h1-14,19-21,35H,15-18H2,(H2,36,39,40)(H,41,42,43). The van der Waals surface area contributed by atoms with Gasteiger partial charge in [-0.25, -0.2) is 13.6 Å². The summed E-state index contributed by atoms with van der Waals surface area (Å²) >= 11 is 0. The van der Waals surface area contributed by atoms with E-state index in [0.29, 0.717) is 30.0 Å². The fourth-order valence-electron chi connectivity index (χ4n) is 7.05. The van der Waals surface area contributed by atoms with Crippen LogP contribution in [0.25, 0.3) is 0 Å². The van der Waals surface area contributed by atoms with Crippen molar-refractivity contribution in [2.24, 2.45) is 5.14 Å². The molecule has 3 aliphatic heterocycles. The van der Waals surface area contributed by atoms with Gasteiger partial charge in [0.05, 0.1) is 9.79 Å². The van der Waals surface area contributed by atoms with Crippen molar-refractivity contribution in [2.75, 3.05) is 22.9 Å². The van der Waals surface area contributed by atoms with Crippen LogP contribution in [-0.2, 0) is 33.0 Å². The molecule has 0 amide bonds. The molecule has 5 aromatic carbocycles. The lowest BCUT2D eigenvalue weighted by atomic mass is 9.82. The van der Waals surface area contributed by atoms with Gasteiger partial charge < -0.3 is 14.5 Å². The number of rotatable bonds is 5. The molecule has 0 bridgehead atoms. The molecule has 1 unspecified atom stereocenters. The summed E-state index contributed by atoms with van der Waals surface area (Å²) in [5.41, 5.74) is 8.10. The number of hydrogen-bond donors (Lipinski definition) is 2. The number of nitrogens with two attached hydrogens (primary N) is 1. The summed E-state index contributed by atoms with van der Waals surface area (Å²) in [5, 5.41) is 5.72. The molecule has 11 heteroatoms. The second-order valence-corrected chi connectivity index (χ2v) is 14.7. The van der Waals surface area contributed by atoms with Crippen LogP contribution in [0.1, 0.15) is 33.7 Å². The number of sulfonamides is 1. The number of nitrogens with zero attached hydrogens (tertiary/aromatic N) is 2. The highest BCUT2D eigenvalue weighted by Crippen LogP contribution is 2.51. The maximum Gasteiger partial charge on any atom is 0.294 e. The summed E-state index contributed by atoms with van der Waals surface area (Å²) in [4.78, 5) is 4.27. The molecule has 8 rings (SSSR count). The molecule has 1 atom stereocenters. The Labute approximate surface area is 267 Å². The van der Waals surface area contributed by atoms with Crippen molar-refractivity contribution in [1.82, 2.24) is 0 Å². The Morgan fingerprint density at radius 3 is 1.89 bits per heavy atom. The molecule has 0 saturated carbocycles. The number of anilines is 4. The number of hydrogen-bond acceptors (Lipinski definition) is 7. The maximum atomic E-state index is 12.8. The van der Waals surface area contributed by atoms with Crippen molar-refractivity contribution >= 4 is 42.9 Å². The molecule has 3 heterocycles. The van der Waals surface area contributed by atoms with Gasteiger partial charge in [0, 0.05) is 65.0 Å². The first-order chi connectivity index (χ1) is 22.1. The first kappa shape index (κ1) is 28.8. The third-order valence-corrected chi connectivity index (χ3v) is 11.0. The minimum atomic E-state index is -4.31. The van der Waals surface area contributed by atoms with Crippen molar-refractivity contribution in [3.63, 3.8) is 0 Å². The molecule has 5 aromatic rings. The molecule has 3 aliphatic rings. The minimum Gasteiger partial charge on any atom is -0.457 e. The van der Waals surface area contributed by atoms with E-state index in [1.165, 1.54) is 23.8 Å². The van der Waals surface area contributed by atoms with E-state index in [9.17, 15) is 21.4 Å². The highest BCUT2D eigenvalue weighted by atomic mass is 32.2. The van der Waals surface area contributed by atoms with Gasteiger partial charge in [0.25, 0.3) is 10.1 Å². The molecule has 0 spiro atoms. The van der Waals surface area contributed by atoms with Gasteiger partial charge in [-0.15, -0.1) is 0 Å². The zero-order valence-corrected chi connectivity index (χ0v) is 26.1. The molecule has 0 aliphatic carbocycles. The Hall–Kier alpha value is -4.68. The van der Waals surface area contributed by atoms with Gasteiger partial charge in [-0.2, -0.15) is 8.42 Å². The van der Waals surface area contributed by atoms with Gasteiger partial charge in [0.15, 0.2) is 0 Å². The van der Waals surface area contributed by atoms with Crippen molar-refractivity contribution in [2.45, 2.75) is 28.6 Å². The van der Waals surface area contributed by atoms with Crippen LogP contribution >= 0.6 is 0 Å². The molecule has 0 saturated heterocycles. The Morgan fingerprint density at radius 1 is 0.652 bits per heavy atom. The second kappa shape index (κ2) is 10.4. The highest BCUT2D eigenvalue weighted by Gasteiger charge is 2.34. The van der Waals surface area contributed by atoms with E-state index in [4.69, 9.17) is 9.88 Å². The normalized spacial score (nSPS) is 16.8. The summed E-state index contributed by atoms with van der Waals surface area (Å²) in [6.45, 7) is 1.44. The zero-order valence-electron chi connectivity index (χ0n) is 24.5. The van der Waals surface area contributed by atoms with Crippen LogP contribution in [0.3, 0.4) is 0 Å². The van der Waals surface area contributed by atoms with Crippen LogP contribution in [0.15, 0.2) is 113 Å². The summed E-state index contributed by atoms with van der Waals surface area (Å²) in [5.74, 6) is 0.743. The summed E-state index contributed by atoms with van der Waals surface area (Å²) in [7, 11) is -8.34. The summed E-state index contributed by atoms with van der Waals surface area (Å²) in [6, 6.07) is 31.7. The number of para-hydroxylation sites is 1. The van der Waals surface area contributed by atoms with Crippen LogP contribution in [-0.4, -0.2) is 34.5 Å². The first-order valence-electron chi connectivity index (χ1n) is 14.9. The third-order valence-electron chi connectivity index (χ3n) is 9.13. The molecular formula is C35H29N3O6S2. The fraction of sp³-hybridized carbons (Fsp3) is 0.143. The van der Waals surface area contributed by atoms with Crippen LogP contribution in [0.2, 0.25) is 0 Å². The van der Waals surface area contributed by atoms with E-state index in [1.807, 2.05) is 48.5 Å². The number of benzene rings is 5. The van der Waals surface area contributed by atoms with Crippen molar-refractivity contribution < 1.29 is 26.1 Å². The largest absolute Gasteiger partial charge is 0.457 e. The molecule has 0 radical (unpaired) electrons. The number of ether oxygens (including phenoxy) is 1. The van der Waals surface area contributed by atoms with Gasteiger partial charge in [0.2, 0.25) is 10.0 Å². The van der Waals surface area contributed by atoms with E-state index in [2.05, 4.69) is 28.0 Å². The molecule has 9 nitrogen and oxygen atoms in total. The Morgan fingerprint density at radius 2 is 1.24 bits per heavy atom. The Kier molecular flexibility index (Phi) is 6.52. The second-order valence-electron chi connectivity index (χ2n) is 11.8. The molecule has 46 heavy (non-hydrogen) atoms. The lowest BCUT2D eigenvalue weighted by Gasteiger charge is -2.32. The molecular weight excluding hydrogens is 623 g/mol. The smallest absolute Gasteiger partial charge is 0.294 e.